The molecule has 1 aromatic carbocycles. The van der Waals surface area contributed by atoms with Gasteiger partial charge in [-0.05, 0) is 38.5 Å². The molecular weight excluding hydrogens is 310 g/mol. The zero-order chi connectivity index (χ0) is 16.6. The van der Waals surface area contributed by atoms with Crippen molar-refractivity contribution >= 4 is 33.5 Å². The molecule has 3 rings (SSSR count). The van der Waals surface area contributed by atoms with Crippen LogP contribution in [-0.4, -0.2) is 25.2 Å². The minimum atomic E-state index is -0.809. The van der Waals surface area contributed by atoms with Gasteiger partial charge < -0.3 is 9.67 Å². The molecule has 122 valence electrons. The summed E-state index contributed by atoms with van der Waals surface area (Å²) in [5, 5.41) is 12.0. The first-order valence-corrected chi connectivity index (χ1v) is 8.42. The number of fused-ring (bicyclic) bond motifs is 3. The van der Waals surface area contributed by atoms with Crippen molar-refractivity contribution in [1.82, 2.24) is 14.5 Å². The van der Waals surface area contributed by atoms with E-state index in [4.69, 9.17) is 16.6 Å². The summed E-state index contributed by atoms with van der Waals surface area (Å²) >= 11 is 6.09. The van der Waals surface area contributed by atoms with Crippen molar-refractivity contribution in [3.63, 3.8) is 0 Å². The number of aryl methyl sites for hydroxylation is 1. The zero-order valence-electron chi connectivity index (χ0n) is 13.8. The Balaban J connectivity index is 2.27. The first-order valence-electron chi connectivity index (χ1n) is 8.05. The third-order valence-electron chi connectivity index (χ3n) is 3.91. The molecule has 0 fully saturated rings. The first kappa shape index (κ1) is 16.2. The third-order valence-corrected chi connectivity index (χ3v) is 4.15. The van der Waals surface area contributed by atoms with Gasteiger partial charge in [-0.25, -0.2) is 4.98 Å². The van der Waals surface area contributed by atoms with Crippen molar-refractivity contribution in [3.05, 3.63) is 35.2 Å². The number of aromatic nitrogens is 3. The summed E-state index contributed by atoms with van der Waals surface area (Å²) < 4.78 is 2.14. The number of rotatable bonds is 5. The van der Waals surface area contributed by atoms with Crippen LogP contribution in [0.3, 0.4) is 0 Å². The normalized spacial score (nSPS) is 12.4. The van der Waals surface area contributed by atoms with Gasteiger partial charge in [-0.2, -0.15) is 0 Å². The molecule has 4 nitrogen and oxygen atoms in total. The molecule has 23 heavy (non-hydrogen) atoms. The average molecular weight is 332 g/mol. The van der Waals surface area contributed by atoms with Crippen LogP contribution >= 0.6 is 11.6 Å². The number of benzene rings is 1. The molecule has 0 saturated carbocycles. The number of unbranched alkanes of at least 4 members (excludes halogenated alkanes) is 1. The molecule has 0 saturated heterocycles. The molecule has 0 atom stereocenters. The highest BCUT2D eigenvalue weighted by Gasteiger charge is 2.20. The minimum absolute atomic E-state index is 0.504. The standard InChI is InChI=1S/C18H22ClN3O/c1-4-5-6-16-21-15-10-20-14-9-12(19)7-8-13(14)17(15)22(16)11-18(2,3)23/h7-10,23H,4-6,11H2,1-3H3. The second kappa shape index (κ2) is 6.10. The van der Waals surface area contributed by atoms with Gasteiger partial charge in [0.2, 0.25) is 0 Å². The highest BCUT2D eigenvalue weighted by Crippen LogP contribution is 2.28. The second-order valence-electron chi connectivity index (χ2n) is 6.68. The van der Waals surface area contributed by atoms with Gasteiger partial charge in [0.05, 0.1) is 29.4 Å². The van der Waals surface area contributed by atoms with E-state index in [0.717, 1.165) is 47.0 Å². The SMILES string of the molecule is CCCCc1nc2cnc3cc(Cl)ccc3c2n1CC(C)(C)O. The predicted octanol–water partition coefficient (Wildman–Crippen LogP) is 4.35. The molecule has 0 aliphatic carbocycles. The summed E-state index contributed by atoms with van der Waals surface area (Å²) in [6, 6.07) is 5.72. The maximum atomic E-state index is 10.3. The third kappa shape index (κ3) is 3.33. The number of aliphatic hydroxyl groups is 1. The van der Waals surface area contributed by atoms with Crippen molar-refractivity contribution in [3.8, 4) is 0 Å². The molecular formula is C18H22ClN3O. The number of hydrogen-bond donors (Lipinski definition) is 1. The van der Waals surface area contributed by atoms with E-state index in [-0.39, 0.29) is 0 Å². The molecule has 0 aliphatic heterocycles. The molecule has 1 N–H and O–H groups in total. The van der Waals surface area contributed by atoms with E-state index in [1.807, 2.05) is 32.0 Å². The molecule has 0 unspecified atom stereocenters. The molecule has 2 aromatic heterocycles. The van der Waals surface area contributed by atoms with Gasteiger partial charge >= 0.3 is 0 Å². The number of halogens is 1. The Bertz CT molecular complexity index is 849. The maximum Gasteiger partial charge on any atom is 0.110 e. The Kier molecular flexibility index (Phi) is 4.30. The quantitative estimate of drug-likeness (QED) is 0.756. The van der Waals surface area contributed by atoms with E-state index in [1.165, 1.54) is 0 Å². The monoisotopic (exact) mass is 331 g/mol. The van der Waals surface area contributed by atoms with Crippen LogP contribution in [0.4, 0.5) is 0 Å². The largest absolute Gasteiger partial charge is 0.389 e. The fourth-order valence-electron chi connectivity index (χ4n) is 2.92. The van der Waals surface area contributed by atoms with Gasteiger partial charge in [0.15, 0.2) is 0 Å². The van der Waals surface area contributed by atoms with Crippen LogP contribution in [-0.2, 0) is 13.0 Å². The molecule has 0 radical (unpaired) electrons. The highest BCUT2D eigenvalue weighted by molar-refractivity contribution is 6.31. The van der Waals surface area contributed by atoms with E-state index in [1.54, 1.807) is 6.20 Å². The van der Waals surface area contributed by atoms with Gasteiger partial charge in [0.1, 0.15) is 11.3 Å². The van der Waals surface area contributed by atoms with E-state index in [9.17, 15) is 5.11 Å². The number of pyridine rings is 1. The van der Waals surface area contributed by atoms with Gasteiger partial charge in [0, 0.05) is 16.8 Å². The minimum Gasteiger partial charge on any atom is -0.389 e. The van der Waals surface area contributed by atoms with Crippen LogP contribution in [0, 0.1) is 0 Å². The van der Waals surface area contributed by atoms with Gasteiger partial charge in [0.25, 0.3) is 0 Å². The Morgan fingerprint density at radius 3 is 2.74 bits per heavy atom. The first-order chi connectivity index (χ1) is 10.9. The van der Waals surface area contributed by atoms with E-state index >= 15 is 0 Å². The lowest BCUT2D eigenvalue weighted by Gasteiger charge is -2.20. The van der Waals surface area contributed by atoms with Crippen molar-refractivity contribution in [2.24, 2.45) is 0 Å². The number of hydrogen-bond acceptors (Lipinski definition) is 3. The predicted molar refractivity (Wildman–Crippen MR) is 95.0 cm³/mol. The van der Waals surface area contributed by atoms with Crippen LogP contribution in [0.5, 0.6) is 0 Å². The van der Waals surface area contributed by atoms with Gasteiger partial charge in [-0.3, -0.25) is 4.98 Å². The summed E-state index contributed by atoms with van der Waals surface area (Å²) in [7, 11) is 0. The lowest BCUT2D eigenvalue weighted by molar-refractivity contribution is 0.0618. The molecule has 2 heterocycles. The highest BCUT2D eigenvalue weighted by atomic mass is 35.5. The van der Waals surface area contributed by atoms with Gasteiger partial charge in [-0.1, -0.05) is 24.9 Å². The Hall–Kier alpha value is -1.65. The molecule has 0 bridgehead atoms. The lowest BCUT2D eigenvalue weighted by atomic mass is 10.1. The molecule has 0 spiro atoms. The zero-order valence-corrected chi connectivity index (χ0v) is 14.6. The van der Waals surface area contributed by atoms with Crippen molar-refractivity contribution in [2.75, 3.05) is 0 Å². The summed E-state index contributed by atoms with van der Waals surface area (Å²) in [6.45, 7) is 6.32. The Morgan fingerprint density at radius 2 is 2.04 bits per heavy atom. The Morgan fingerprint density at radius 1 is 1.26 bits per heavy atom. The molecule has 0 aliphatic rings. The lowest BCUT2D eigenvalue weighted by Crippen LogP contribution is -2.27. The fraction of sp³-hybridized carbons (Fsp3) is 0.444. The van der Waals surface area contributed by atoms with Crippen LogP contribution < -0.4 is 0 Å². The maximum absolute atomic E-state index is 10.3. The van der Waals surface area contributed by atoms with Crippen molar-refractivity contribution in [2.45, 2.75) is 52.2 Å². The van der Waals surface area contributed by atoms with Crippen LogP contribution in [0.1, 0.15) is 39.4 Å². The molecule has 0 amide bonds. The molecule has 5 heteroatoms. The summed E-state index contributed by atoms with van der Waals surface area (Å²) in [4.78, 5) is 9.24. The van der Waals surface area contributed by atoms with E-state index in [2.05, 4.69) is 16.5 Å². The van der Waals surface area contributed by atoms with Crippen molar-refractivity contribution in [1.29, 1.82) is 0 Å². The van der Waals surface area contributed by atoms with Crippen molar-refractivity contribution < 1.29 is 5.11 Å². The molecule has 3 aromatic rings. The van der Waals surface area contributed by atoms with Crippen LogP contribution in [0.15, 0.2) is 24.4 Å². The van der Waals surface area contributed by atoms with E-state index < -0.39 is 5.60 Å². The van der Waals surface area contributed by atoms with E-state index in [0.29, 0.717) is 11.6 Å². The number of nitrogens with zero attached hydrogens (tertiary/aromatic N) is 3. The Labute approximate surface area is 141 Å². The fourth-order valence-corrected chi connectivity index (χ4v) is 3.08. The van der Waals surface area contributed by atoms with Gasteiger partial charge in [-0.15, -0.1) is 0 Å². The summed E-state index contributed by atoms with van der Waals surface area (Å²) in [5.74, 6) is 1.01. The topological polar surface area (TPSA) is 50.9 Å². The number of imidazole rings is 1. The second-order valence-corrected chi connectivity index (χ2v) is 7.12. The summed E-state index contributed by atoms with van der Waals surface area (Å²) in [5.41, 5.74) is 1.94. The average Bonchev–Trinajstić information content (AvgIpc) is 2.81. The van der Waals surface area contributed by atoms with Crippen LogP contribution in [0.2, 0.25) is 5.02 Å². The summed E-state index contributed by atoms with van der Waals surface area (Å²) in [6.07, 6.45) is 4.88. The van der Waals surface area contributed by atoms with Crippen LogP contribution in [0.25, 0.3) is 21.9 Å². The smallest absolute Gasteiger partial charge is 0.110 e.